The summed E-state index contributed by atoms with van der Waals surface area (Å²) in [5.74, 6) is 2.38. The highest BCUT2D eigenvalue weighted by molar-refractivity contribution is 5.96. The van der Waals surface area contributed by atoms with Crippen molar-refractivity contribution in [3.8, 4) is 0 Å². The van der Waals surface area contributed by atoms with E-state index >= 15 is 0 Å². The number of amides is 1. The lowest BCUT2D eigenvalue weighted by Crippen LogP contribution is -2.49. The van der Waals surface area contributed by atoms with Gasteiger partial charge in [0.15, 0.2) is 0 Å². The minimum absolute atomic E-state index is 0.00349. The van der Waals surface area contributed by atoms with Crippen molar-refractivity contribution in [3.63, 3.8) is 0 Å². The Bertz CT molecular complexity index is 831. The minimum Gasteiger partial charge on any atom is -0.361 e. The molecule has 2 saturated heterocycles. The summed E-state index contributed by atoms with van der Waals surface area (Å²) in [6.07, 6.45) is 3.69. The summed E-state index contributed by atoms with van der Waals surface area (Å²) in [5, 5.41) is 3.90. The molecule has 0 aliphatic carbocycles. The zero-order chi connectivity index (χ0) is 19.7. The number of nitrogens with zero attached hydrogens (tertiary/aromatic N) is 6. The van der Waals surface area contributed by atoms with E-state index < -0.39 is 0 Å². The second kappa shape index (κ2) is 7.77. The average molecular weight is 384 g/mol. The van der Waals surface area contributed by atoms with Crippen LogP contribution in [-0.4, -0.2) is 65.2 Å². The molecule has 8 nitrogen and oxygen atoms in total. The molecule has 2 aliphatic rings. The summed E-state index contributed by atoms with van der Waals surface area (Å²) >= 11 is 0. The van der Waals surface area contributed by atoms with E-state index in [1.807, 2.05) is 24.8 Å². The molecule has 0 aromatic carbocycles. The van der Waals surface area contributed by atoms with Crippen LogP contribution in [0.3, 0.4) is 0 Å². The highest BCUT2D eigenvalue weighted by atomic mass is 16.5. The SMILES string of the molecule is Cc1cc(N2CCN(C(=O)c3c(C)noc3C)CC2)nc(N2CCCCC2)n1. The molecule has 0 radical (unpaired) electrons. The third-order valence-electron chi connectivity index (χ3n) is 5.61. The van der Waals surface area contributed by atoms with E-state index in [9.17, 15) is 4.79 Å². The van der Waals surface area contributed by atoms with Crippen molar-refractivity contribution in [3.05, 3.63) is 28.8 Å². The number of carbonyl (C=O) groups is 1. The number of anilines is 2. The molecule has 4 heterocycles. The summed E-state index contributed by atoms with van der Waals surface area (Å²) in [4.78, 5) is 28.7. The van der Waals surface area contributed by atoms with Crippen molar-refractivity contribution in [1.29, 1.82) is 0 Å². The maximum absolute atomic E-state index is 12.8. The van der Waals surface area contributed by atoms with Crippen molar-refractivity contribution in [2.45, 2.75) is 40.0 Å². The molecule has 2 fully saturated rings. The number of hydrogen-bond acceptors (Lipinski definition) is 7. The Morgan fingerprint density at radius 1 is 0.929 bits per heavy atom. The molecule has 4 rings (SSSR count). The van der Waals surface area contributed by atoms with E-state index in [0.717, 1.165) is 43.6 Å². The first-order valence-corrected chi connectivity index (χ1v) is 10.1. The quantitative estimate of drug-likeness (QED) is 0.804. The molecule has 0 saturated carbocycles. The highest BCUT2D eigenvalue weighted by Gasteiger charge is 2.27. The van der Waals surface area contributed by atoms with Gasteiger partial charge in [-0.3, -0.25) is 4.79 Å². The Morgan fingerprint density at radius 3 is 2.29 bits per heavy atom. The maximum Gasteiger partial charge on any atom is 0.259 e. The summed E-state index contributed by atoms with van der Waals surface area (Å²) in [6.45, 7) is 10.5. The van der Waals surface area contributed by atoms with E-state index in [2.05, 4.69) is 19.9 Å². The van der Waals surface area contributed by atoms with Gasteiger partial charge in [-0.1, -0.05) is 5.16 Å². The van der Waals surface area contributed by atoms with Gasteiger partial charge in [0, 0.05) is 51.0 Å². The van der Waals surface area contributed by atoms with Gasteiger partial charge in [0.1, 0.15) is 17.1 Å². The smallest absolute Gasteiger partial charge is 0.259 e. The maximum atomic E-state index is 12.8. The largest absolute Gasteiger partial charge is 0.361 e. The van der Waals surface area contributed by atoms with E-state index in [1.54, 1.807) is 6.92 Å². The predicted octanol–water partition coefficient (Wildman–Crippen LogP) is 2.34. The first kappa shape index (κ1) is 18.7. The zero-order valence-electron chi connectivity index (χ0n) is 16.9. The third kappa shape index (κ3) is 3.68. The molecule has 28 heavy (non-hydrogen) atoms. The monoisotopic (exact) mass is 384 g/mol. The van der Waals surface area contributed by atoms with Gasteiger partial charge in [0.25, 0.3) is 5.91 Å². The van der Waals surface area contributed by atoms with Crippen LogP contribution >= 0.6 is 0 Å². The van der Waals surface area contributed by atoms with Crippen molar-refractivity contribution in [1.82, 2.24) is 20.0 Å². The number of carbonyl (C=O) groups excluding carboxylic acids is 1. The van der Waals surface area contributed by atoms with Crippen LogP contribution in [0.2, 0.25) is 0 Å². The fourth-order valence-corrected chi connectivity index (χ4v) is 4.02. The van der Waals surface area contributed by atoms with Gasteiger partial charge in [-0.05, 0) is 40.0 Å². The fraction of sp³-hybridized carbons (Fsp3) is 0.600. The molecule has 2 aromatic heterocycles. The van der Waals surface area contributed by atoms with Gasteiger partial charge in [0.2, 0.25) is 5.95 Å². The Hall–Kier alpha value is -2.64. The molecule has 1 amide bonds. The van der Waals surface area contributed by atoms with E-state index in [-0.39, 0.29) is 5.91 Å². The second-order valence-corrected chi connectivity index (χ2v) is 7.69. The van der Waals surface area contributed by atoms with Crippen molar-refractivity contribution >= 4 is 17.7 Å². The molecule has 0 N–H and O–H groups in total. The van der Waals surface area contributed by atoms with E-state index in [4.69, 9.17) is 9.51 Å². The lowest BCUT2D eigenvalue weighted by atomic mass is 10.1. The number of piperazine rings is 1. The summed E-state index contributed by atoms with van der Waals surface area (Å²) in [5.41, 5.74) is 2.24. The Morgan fingerprint density at radius 2 is 1.64 bits per heavy atom. The third-order valence-corrected chi connectivity index (χ3v) is 5.61. The molecule has 0 atom stereocenters. The van der Waals surface area contributed by atoms with Crippen LogP contribution in [0.25, 0.3) is 0 Å². The van der Waals surface area contributed by atoms with Crippen LogP contribution in [0.4, 0.5) is 11.8 Å². The number of aryl methyl sites for hydroxylation is 3. The highest BCUT2D eigenvalue weighted by Crippen LogP contribution is 2.22. The summed E-state index contributed by atoms with van der Waals surface area (Å²) < 4.78 is 5.15. The molecular weight excluding hydrogens is 356 g/mol. The minimum atomic E-state index is 0.00349. The lowest BCUT2D eigenvalue weighted by molar-refractivity contribution is 0.0744. The summed E-state index contributed by atoms with van der Waals surface area (Å²) in [7, 11) is 0. The van der Waals surface area contributed by atoms with Crippen LogP contribution in [0, 0.1) is 20.8 Å². The summed E-state index contributed by atoms with van der Waals surface area (Å²) in [6, 6.07) is 2.04. The Labute approximate surface area is 165 Å². The normalized spacial score (nSPS) is 17.9. The van der Waals surface area contributed by atoms with Crippen molar-refractivity contribution < 1.29 is 9.32 Å². The van der Waals surface area contributed by atoms with Crippen LogP contribution in [0.1, 0.15) is 46.8 Å². The lowest BCUT2D eigenvalue weighted by Gasteiger charge is -2.36. The van der Waals surface area contributed by atoms with Gasteiger partial charge in [-0.25, -0.2) is 4.98 Å². The molecule has 0 bridgehead atoms. The van der Waals surface area contributed by atoms with Crippen molar-refractivity contribution in [2.75, 3.05) is 49.1 Å². The number of hydrogen-bond donors (Lipinski definition) is 0. The Balaban J connectivity index is 1.45. The van der Waals surface area contributed by atoms with E-state index in [0.29, 0.717) is 30.1 Å². The molecule has 0 unspecified atom stereocenters. The zero-order valence-corrected chi connectivity index (χ0v) is 16.9. The van der Waals surface area contributed by atoms with Crippen LogP contribution in [0.15, 0.2) is 10.6 Å². The first-order chi connectivity index (χ1) is 13.5. The molecular formula is C20H28N6O2. The molecule has 0 spiro atoms. The topological polar surface area (TPSA) is 78.6 Å². The predicted molar refractivity (Wildman–Crippen MR) is 107 cm³/mol. The standard InChI is InChI=1S/C20H28N6O2/c1-14-13-17(22-20(21-14)26-7-5-4-6-8-26)24-9-11-25(12-10-24)19(27)18-15(2)23-28-16(18)3/h13H,4-12H2,1-3H3. The number of aromatic nitrogens is 3. The van der Waals surface area contributed by atoms with Gasteiger partial charge in [-0.15, -0.1) is 0 Å². The number of rotatable bonds is 3. The van der Waals surface area contributed by atoms with E-state index in [1.165, 1.54) is 19.3 Å². The van der Waals surface area contributed by atoms with Gasteiger partial charge >= 0.3 is 0 Å². The molecule has 2 aliphatic heterocycles. The van der Waals surface area contributed by atoms with Crippen LogP contribution in [-0.2, 0) is 0 Å². The van der Waals surface area contributed by atoms with Crippen LogP contribution in [0.5, 0.6) is 0 Å². The fourth-order valence-electron chi connectivity index (χ4n) is 4.02. The molecule has 150 valence electrons. The Kier molecular flexibility index (Phi) is 5.19. The number of piperidine rings is 1. The molecule has 8 heteroatoms. The van der Waals surface area contributed by atoms with Crippen LogP contribution < -0.4 is 9.80 Å². The second-order valence-electron chi connectivity index (χ2n) is 7.69. The van der Waals surface area contributed by atoms with Crippen molar-refractivity contribution in [2.24, 2.45) is 0 Å². The van der Waals surface area contributed by atoms with Gasteiger partial charge in [0.05, 0.1) is 5.69 Å². The first-order valence-electron chi connectivity index (χ1n) is 10.1. The molecule has 2 aromatic rings. The van der Waals surface area contributed by atoms with Gasteiger partial charge < -0.3 is 19.2 Å². The average Bonchev–Trinajstić information content (AvgIpc) is 3.06. The van der Waals surface area contributed by atoms with Gasteiger partial charge in [-0.2, -0.15) is 4.98 Å².